The smallest absolute Gasteiger partial charge is 0.175 e. The summed E-state index contributed by atoms with van der Waals surface area (Å²) in [7, 11) is -3.30. The van der Waals surface area contributed by atoms with Gasteiger partial charge < -0.3 is 5.32 Å². The van der Waals surface area contributed by atoms with Crippen molar-refractivity contribution in [3.63, 3.8) is 0 Å². The Hall–Kier alpha value is -1.37. The van der Waals surface area contributed by atoms with E-state index in [1.807, 2.05) is 6.92 Å². The second-order valence-electron chi connectivity index (χ2n) is 4.62. The SMILES string of the molecule is CC(NCc1c(Cl)cccc1S(C)(=O)=O)c1cn[nH]c1. The minimum Gasteiger partial charge on any atom is -0.306 e. The van der Waals surface area contributed by atoms with Gasteiger partial charge in [0.1, 0.15) is 0 Å². The lowest BCUT2D eigenvalue weighted by molar-refractivity contribution is 0.566. The molecule has 2 aromatic rings. The van der Waals surface area contributed by atoms with Crippen LogP contribution in [-0.2, 0) is 16.4 Å². The lowest BCUT2D eigenvalue weighted by atomic mass is 10.1. The van der Waals surface area contributed by atoms with E-state index in [0.717, 1.165) is 5.56 Å². The van der Waals surface area contributed by atoms with E-state index in [2.05, 4.69) is 15.5 Å². The molecule has 1 unspecified atom stereocenters. The Kier molecular flexibility index (Phi) is 4.47. The molecule has 0 bridgehead atoms. The van der Waals surface area contributed by atoms with Gasteiger partial charge in [0.25, 0.3) is 0 Å². The number of halogens is 1. The second-order valence-corrected chi connectivity index (χ2v) is 7.01. The fourth-order valence-electron chi connectivity index (χ4n) is 1.93. The third-order valence-electron chi connectivity index (χ3n) is 3.08. The highest BCUT2D eigenvalue weighted by molar-refractivity contribution is 7.90. The molecule has 7 heteroatoms. The summed E-state index contributed by atoms with van der Waals surface area (Å²) in [6.07, 6.45) is 4.70. The summed E-state index contributed by atoms with van der Waals surface area (Å²) in [5.74, 6) is 0. The Morgan fingerprint density at radius 2 is 2.20 bits per heavy atom. The van der Waals surface area contributed by atoms with Crippen LogP contribution in [0.15, 0.2) is 35.5 Å². The fourth-order valence-corrected chi connectivity index (χ4v) is 3.18. The summed E-state index contributed by atoms with van der Waals surface area (Å²) in [5.41, 5.74) is 1.59. The van der Waals surface area contributed by atoms with Crippen molar-refractivity contribution in [2.45, 2.75) is 24.4 Å². The summed E-state index contributed by atoms with van der Waals surface area (Å²) >= 11 is 6.12. The van der Waals surface area contributed by atoms with Gasteiger partial charge >= 0.3 is 0 Å². The number of benzene rings is 1. The number of H-pyrrole nitrogens is 1. The molecule has 0 saturated carbocycles. The Morgan fingerprint density at radius 1 is 1.45 bits per heavy atom. The average Bonchev–Trinajstić information content (AvgIpc) is 2.89. The molecule has 2 N–H and O–H groups in total. The highest BCUT2D eigenvalue weighted by Crippen LogP contribution is 2.24. The maximum atomic E-state index is 11.8. The zero-order chi connectivity index (χ0) is 14.8. The standard InChI is InChI=1S/C13H16ClN3O2S/c1-9(10-6-16-17-7-10)15-8-11-12(14)4-3-5-13(11)20(2,18)19/h3-7,9,15H,8H2,1-2H3,(H,16,17). The molecule has 1 aromatic heterocycles. The zero-order valence-corrected chi connectivity index (χ0v) is 12.8. The average molecular weight is 314 g/mol. The van der Waals surface area contributed by atoms with E-state index in [9.17, 15) is 8.42 Å². The monoisotopic (exact) mass is 313 g/mol. The van der Waals surface area contributed by atoms with Crippen molar-refractivity contribution in [3.05, 3.63) is 46.7 Å². The molecular formula is C13H16ClN3O2S. The van der Waals surface area contributed by atoms with E-state index in [1.54, 1.807) is 30.6 Å². The van der Waals surface area contributed by atoms with Crippen LogP contribution in [0.4, 0.5) is 0 Å². The molecule has 2 rings (SSSR count). The van der Waals surface area contributed by atoms with Gasteiger partial charge in [-0.3, -0.25) is 5.10 Å². The van der Waals surface area contributed by atoms with Crippen molar-refractivity contribution in [3.8, 4) is 0 Å². The van der Waals surface area contributed by atoms with Gasteiger partial charge in [-0.15, -0.1) is 0 Å². The molecule has 1 atom stereocenters. The summed E-state index contributed by atoms with van der Waals surface area (Å²) in [4.78, 5) is 0.261. The van der Waals surface area contributed by atoms with E-state index in [1.165, 1.54) is 6.26 Å². The third-order valence-corrected chi connectivity index (χ3v) is 4.62. The number of aromatic amines is 1. The zero-order valence-electron chi connectivity index (χ0n) is 11.2. The van der Waals surface area contributed by atoms with Gasteiger partial charge in [0.2, 0.25) is 0 Å². The van der Waals surface area contributed by atoms with Crippen molar-refractivity contribution < 1.29 is 8.42 Å². The Labute approximate surface area is 123 Å². The van der Waals surface area contributed by atoms with Crippen LogP contribution in [0.1, 0.15) is 24.1 Å². The highest BCUT2D eigenvalue weighted by atomic mass is 35.5. The maximum Gasteiger partial charge on any atom is 0.175 e. The lowest BCUT2D eigenvalue weighted by Gasteiger charge is -2.15. The minimum atomic E-state index is -3.30. The molecule has 5 nitrogen and oxygen atoms in total. The molecule has 0 aliphatic rings. The van der Waals surface area contributed by atoms with Gasteiger partial charge in [0, 0.05) is 41.2 Å². The molecule has 0 aliphatic heterocycles. The quantitative estimate of drug-likeness (QED) is 0.888. The lowest BCUT2D eigenvalue weighted by Crippen LogP contribution is -2.19. The van der Waals surface area contributed by atoms with E-state index < -0.39 is 9.84 Å². The first-order chi connectivity index (χ1) is 9.39. The third kappa shape index (κ3) is 3.39. The van der Waals surface area contributed by atoms with Crippen molar-refractivity contribution in [2.75, 3.05) is 6.26 Å². The number of aromatic nitrogens is 2. The summed E-state index contributed by atoms with van der Waals surface area (Å²) < 4.78 is 23.6. The van der Waals surface area contributed by atoms with Crippen molar-refractivity contribution in [1.29, 1.82) is 0 Å². The molecule has 0 saturated heterocycles. The van der Waals surface area contributed by atoms with E-state index in [4.69, 9.17) is 11.6 Å². The van der Waals surface area contributed by atoms with Crippen LogP contribution in [0.3, 0.4) is 0 Å². The van der Waals surface area contributed by atoms with Crippen molar-refractivity contribution in [2.24, 2.45) is 0 Å². The largest absolute Gasteiger partial charge is 0.306 e. The van der Waals surface area contributed by atoms with Crippen LogP contribution in [0.25, 0.3) is 0 Å². The van der Waals surface area contributed by atoms with Crippen molar-refractivity contribution in [1.82, 2.24) is 15.5 Å². The number of sulfone groups is 1. The first-order valence-electron chi connectivity index (χ1n) is 6.09. The van der Waals surface area contributed by atoms with Gasteiger partial charge in [0.05, 0.1) is 11.1 Å². The molecule has 20 heavy (non-hydrogen) atoms. The van der Waals surface area contributed by atoms with Crippen LogP contribution in [0, 0.1) is 0 Å². The van der Waals surface area contributed by atoms with Crippen LogP contribution >= 0.6 is 11.6 Å². The first kappa shape index (κ1) is 15.0. The highest BCUT2D eigenvalue weighted by Gasteiger charge is 2.16. The van der Waals surface area contributed by atoms with Crippen LogP contribution in [-0.4, -0.2) is 24.9 Å². The normalized spacial score (nSPS) is 13.3. The number of hydrogen-bond donors (Lipinski definition) is 2. The molecule has 108 valence electrons. The molecule has 0 aliphatic carbocycles. The number of rotatable bonds is 5. The predicted molar refractivity (Wildman–Crippen MR) is 78.4 cm³/mol. The maximum absolute atomic E-state index is 11.8. The van der Waals surface area contributed by atoms with Gasteiger partial charge in [0.15, 0.2) is 9.84 Å². The number of hydrogen-bond acceptors (Lipinski definition) is 4. The Morgan fingerprint density at radius 3 is 2.80 bits per heavy atom. The minimum absolute atomic E-state index is 0.0393. The summed E-state index contributed by atoms with van der Waals surface area (Å²) in [5, 5.41) is 10.3. The van der Waals surface area contributed by atoms with Crippen molar-refractivity contribution >= 4 is 21.4 Å². The summed E-state index contributed by atoms with van der Waals surface area (Å²) in [6, 6.07) is 4.94. The molecular weight excluding hydrogens is 298 g/mol. The topological polar surface area (TPSA) is 74.8 Å². The molecule has 0 fully saturated rings. The van der Waals surface area contributed by atoms with Crippen LogP contribution in [0.2, 0.25) is 5.02 Å². The van der Waals surface area contributed by atoms with Gasteiger partial charge in [-0.1, -0.05) is 17.7 Å². The number of nitrogens with zero attached hydrogens (tertiary/aromatic N) is 1. The van der Waals surface area contributed by atoms with Crippen LogP contribution < -0.4 is 5.32 Å². The molecule has 1 heterocycles. The molecule has 0 spiro atoms. The molecule has 0 radical (unpaired) electrons. The van der Waals surface area contributed by atoms with Gasteiger partial charge in [-0.25, -0.2) is 8.42 Å². The van der Waals surface area contributed by atoms with Gasteiger partial charge in [-0.2, -0.15) is 5.10 Å². The Bertz CT molecular complexity index is 684. The predicted octanol–water partition coefficient (Wildman–Crippen LogP) is 2.32. The molecule has 0 amide bonds. The van der Waals surface area contributed by atoms with E-state index in [0.29, 0.717) is 17.1 Å². The first-order valence-corrected chi connectivity index (χ1v) is 8.36. The van der Waals surface area contributed by atoms with E-state index >= 15 is 0 Å². The van der Waals surface area contributed by atoms with Crippen LogP contribution in [0.5, 0.6) is 0 Å². The van der Waals surface area contributed by atoms with Gasteiger partial charge in [-0.05, 0) is 19.1 Å². The number of nitrogens with one attached hydrogen (secondary N) is 2. The Balaban J connectivity index is 2.22. The summed E-state index contributed by atoms with van der Waals surface area (Å²) in [6.45, 7) is 2.34. The van der Waals surface area contributed by atoms with E-state index in [-0.39, 0.29) is 10.9 Å². The fraction of sp³-hybridized carbons (Fsp3) is 0.308. The molecule has 1 aromatic carbocycles. The second kappa shape index (κ2) is 5.95.